The largest absolute Gasteiger partial charge is 0.491 e. The lowest BCUT2D eigenvalue weighted by atomic mass is 9.92. The molecule has 1 atom stereocenters. The average Bonchev–Trinajstić information content (AvgIpc) is 2.98. The number of pyridine rings is 1. The summed E-state index contributed by atoms with van der Waals surface area (Å²) in [6, 6.07) is 2.69. The lowest BCUT2D eigenvalue weighted by molar-refractivity contribution is 0.0640. The van der Waals surface area contributed by atoms with Crippen LogP contribution in [0.1, 0.15) is 32.3 Å². The number of rotatable bonds is 9. The Kier molecular flexibility index (Phi) is 8.01. The number of aromatic nitrogens is 1. The molecule has 8 nitrogen and oxygen atoms in total. The summed E-state index contributed by atoms with van der Waals surface area (Å²) >= 11 is 0. The third-order valence-corrected chi connectivity index (χ3v) is 6.97. The van der Waals surface area contributed by atoms with Gasteiger partial charge < -0.3 is 25.0 Å². The molecule has 0 aromatic carbocycles. The Balaban J connectivity index is 1.48. The van der Waals surface area contributed by atoms with Crippen molar-refractivity contribution in [2.45, 2.75) is 39.3 Å². The number of aliphatic imine (C=N–C) groups is 1. The first-order valence-electron chi connectivity index (χ1n) is 12.1. The highest BCUT2D eigenvalue weighted by Crippen LogP contribution is 2.34. The number of morpholine rings is 1. The molecule has 0 spiro atoms. The molecule has 4 rings (SSSR count). The second-order valence-electron chi connectivity index (χ2n) is 8.97. The molecule has 180 valence electrons. The molecule has 1 unspecified atom stereocenters. The van der Waals surface area contributed by atoms with Crippen LogP contribution in [-0.2, 0) is 16.1 Å². The van der Waals surface area contributed by atoms with E-state index in [2.05, 4.69) is 56.2 Å². The zero-order valence-electron chi connectivity index (χ0n) is 20.3. The van der Waals surface area contributed by atoms with Crippen LogP contribution in [0.15, 0.2) is 40.5 Å². The molecular weight excluding hydrogens is 416 g/mol. The molecule has 1 aromatic heterocycles. The van der Waals surface area contributed by atoms with E-state index < -0.39 is 0 Å². The second kappa shape index (κ2) is 11.1. The van der Waals surface area contributed by atoms with E-state index in [1.54, 1.807) is 0 Å². The Morgan fingerprint density at radius 3 is 2.88 bits per heavy atom. The summed E-state index contributed by atoms with van der Waals surface area (Å²) in [6.07, 6.45) is 6.30. The van der Waals surface area contributed by atoms with Gasteiger partial charge in [-0.2, -0.15) is 0 Å². The highest BCUT2D eigenvalue weighted by molar-refractivity contribution is 5.66. The molecule has 8 heteroatoms. The van der Waals surface area contributed by atoms with E-state index in [1.165, 1.54) is 12.8 Å². The summed E-state index contributed by atoms with van der Waals surface area (Å²) in [4.78, 5) is 13.9. The van der Waals surface area contributed by atoms with Crippen molar-refractivity contribution in [3.63, 3.8) is 0 Å². The van der Waals surface area contributed by atoms with E-state index in [1.807, 2.05) is 20.2 Å². The van der Waals surface area contributed by atoms with E-state index in [-0.39, 0.29) is 0 Å². The van der Waals surface area contributed by atoms with Crippen molar-refractivity contribution in [1.29, 1.82) is 0 Å². The third kappa shape index (κ3) is 5.39. The lowest BCUT2D eigenvalue weighted by Crippen LogP contribution is -2.52. The topological polar surface area (TPSA) is 74.2 Å². The van der Waals surface area contributed by atoms with Crippen LogP contribution in [0.4, 0.5) is 11.5 Å². The number of likely N-dealkylation sites (tertiary alicyclic amines) is 1. The number of ether oxygens (including phenoxy) is 2. The summed E-state index contributed by atoms with van der Waals surface area (Å²) in [5, 5.41) is 6.80. The van der Waals surface area contributed by atoms with Gasteiger partial charge in [0.2, 0.25) is 0 Å². The van der Waals surface area contributed by atoms with E-state index in [0.29, 0.717) is 18.6 Å². The molecule has 33 heavy (non-hydrogen) atoms. The number of nitrogens with zero attached hydrogens (tertiary/aromatic N) is 4. The summed E-state index contributed by atoms with van der Waals surface area (Å²) in [5.41, 5.74) is 4.16. The van der Waals surface area contributed by atoms with Gasteiger partial charge in [-0.05, 0) is 52.2 Å². The molecule has 3 aliphatic rings. The summed E-state index contributed by atoms with van der Waals surface area (Å²) in [5.74, 6) is 2.08. The predicted octanol–water partition coefficient (Wildman–Crippen LogP) is 3.00. The number of allylic oxidation sites excluding steroid dienone is 2. The van der Waals surface area contributed by atoms with Gasteiger partial charge in [-0.25, -0.2) is 4.98 Å². The number of hydrogen-bond acceptors (Lipinski definition) is 8. The van der Waals surface area contributed by atoms with Gasteiger partial charge in [0, 0.05) is 55.7 Å². The Morgan fingerprint density at radius 2 is 2.18 bits per heavy atom. The number of fused-ring (bicyclic) bond motifs is 1. The summed E-state index contributed by atoms with van der Waals surface area (Å²) in [6.45, 7) is 15.0. The highest BCUT2D eigenvalue weighted by Gasteiger charge is 2.34. The number of hydrogen-bond donors (Lipinski definition) is 2. The van der Waals surface area contributed by atoms with Crippen molar-refractivity contribution in [1.82, 2.24) is 15.2 Å². The van der Waals surface area contributed by atoms with Crippen LogP contribution in [-0.4, -0.2) is 75.6 Å². The van der Waals surface area contributed by atoms with Crippen LogP contribution in [0.2, 0.25) is 0 Å². The fraction of sp³-hybridized carbons (Fsp3) is 0.600. The normalized spacial score (nSPS) is 20.9. The molecule has 0 bridgehead atoms. The highest BCUT2D eigenvalue weighted by atomic mass is 16.5. The molecule has 0 saturated carbocycles. The van der Waals surface area contributed by atoms with Crippen LogP contribution in [0.5, 0.6) is 0 Å². The minimum Gasteiger partial charge on any atom is -0.491 e. The Hall–Kier alpha value is -2.42. The fourth-order valence-corrected chi connectivity index (χ4v) is 4.84. The van der Waals surface area contributed by atoms with Gasteiger partial charge >= 0.3 is 0 Å². The lowest BCUT2D eigenvalue weighted by Gasteiger charge is -2.44. The van der Waals surface area contributed by atoms with Crippen molar-refractivity contribution >= 4 is 18.2 Å². The number of anilines is 2. The molecular formula is C25H38N6O2. The molecule has 2 N–H and O–H groups in total. The molecule has 1 aromatic rings. The zero-order valence-corrected chi connectivity index (χ0v) is 20.3. The van der Waals surface area contributed by atoms with Crippen LogP contribution in [0.25, 0.3) is 0 Å². The molecule has 0 amide bonds. The van der Waals surface area contributed by atoms with Gasteiger partial charge in [0.25, 0.3) is 0 Å². The minimum absolute atomic E-state index is 0.392. The zero-order chi connectivity index (χ0) is 23.2. The van der Waals surface area contributed by atoms with Crippen LogP contribution < -0.4 is 15.5 Å². The SMILES string of the molecule is C=N/C(=C\C1=C(C)OCc2c(N3CCOCC3)ccnc2N1)C1CN(C(CC)CCNC)C1. The molecule has 0 aliphatic carbocycles. The Labute approximate surface area is 197 Å². The van der Waals surface area contributed by atoms with Gasteiger partial charge in [-0.1, -0.05) is 6.92 Å². The first kappa shape index (κ1) is 23.7. The van der Waals surface area contributed by atoms with Gasteiger partial charge in [0.15, 0.2) is 0 Å². The van der Waals surface area contributed by atoms with Crippen molar-refractivity contribution in [2.24, 2.45) is 10.9 Å². The van der Waals surface area contributed by atoms with Crippen LogP contribution >= 0.6 is 0 Å². The van der Waals surface area contributed by atoms with Gasteiger partial charge in [-0.15, -0.1) is 0 Å². The third-order valence-electron chi connectivity index (χ3n) is 6.97. The standard InChI is InChI=1S/C25H38N6O2/c1-5-20(6-8-26-3)31-15-19(16-31)23(27-4)14-22-18(2)33-17-21-24(7-9-28-25(21)29-22)30-10-12-32-13-11-30/h7,9,14,19-20,26H,4-6,8,10-13,15-17H2,1-3H3,(H,28,29)/b23-14-. The van der Waals surface area contributed by atoms with E-state index in [4.69, 9.17) is 9.47 Å². The van der Waals surface area contributed by atoms with Crippen molar-refractivity contribution < 1.29 is 9.47 Å². The Bertz CT molecular complexity index is 887. The second-order valence-corrected chi connectivity index (χ2v) is 8.97. The monoisotopic (exact) mass is 454 g/mol. The van der Waals surface area contributed by atoms with E-state index in [0.717, 1.165) is 80.2 Å². The molecule has 3 aliphatic heterocycles. The summed E-state index contributed by atoms with van der Waals surface area (Å²) in [7, 11) is 2.02. The van der Waals surface area contributed by atoms with Crippen LogP contribution in [0.3, 0.4) is 0 Å². The van der Waals surface area contributed by atoms with Gasteiger partial charge in [0.1, 0.15) is 18.2 Å². The quantitative estimate of drug-likeness (QED) is 0.556. The number of nitrogens with one attached hydrogen (secondary N) is 2. The molecule has 4 heterocycles. The van der Waals surface area contributed by atoms with Crippen LogP contribution in [0, 0.1) is 5.92 Å². The van der Waals surface area contributed by atoms with Crippen molar-refractivity contribution in [3.8, 4) is 0 Å². The average molecular weight is 455 g/mol. The maximum atomic E-state index is 6.17. The minimum atomic E-state index is 0.392. The summed E-state index contributed by atoms with van der Waals surface area (Å²) < 4.78 is 11.7. The maximum Gasteiger partial charge on any atom is 0.139 e. The predicted molar refractivity (Wildman–Crippen MR) is 134 cm³/mol. The van der Waals surface area contributed by atoms with Crippen molar-refractivity contribution in [3.05, 3.63) is 41.1 Å². The first-order valence-corrected chi connectivity index (χ1v) is 12.1. The van der Waals surface area contributed by atoms with Gasteiger partial charge in [-0.3, -0.25) is 9.89 Å². The molecule has 2 fully saturated rings. The molecule has 0 radical (unpaired) electrons. The van der Waals surface area contributed by atoms with E-state index in [9.17, 15) is 0 Å². The van der Waals surface area contributed by atoms with E-state index >= 15 is 0 Å². The maximum absolute atomic E-state index is 6.17. The fourth-order valence-electron chi connectivity index (χ4n) is 4.84. The first-order chi connectivity index (χ1) is 16.1. The van der Waals surface area contributed by atoms with Crippen molar-refractivity contribution in [2.75, 3.05) is 63.2 Å². The van der Waals surface area contributed by atoms with Gasteiger partial charge in [0.05, 0.1) is 24.5 Å². The smallest absolute Gasteiger partial charge is 0.139 e. The Morgan fingerprint density at radius 1 is 1.39 bits per heavy atom. The molecule has 2 saturated heterocycles.